The molecule has 3 unspecified atom stereocenters. The van der Waals surface area contributed by atoms with Gasteiger partial charge < -0.3 is 20.6 Å². The average molecular weight is 407 g/mol. The van der Waals surface area contributed by atoms with Crippen molar-refractivity contribution in [1.29, 1.82) is 0 Å². The fourth-order valence-electron chi connectivity index (χ4n) is 3.12. The van der Waals surface area contributed by atoms with Gasteiger partial charge in [0.1, 0.15) is 17.9 Å². The van der Waals surface area contributed by atoms with Crippen LogP contribution in [-0.4, -0.2) is 47.4 Å². The molecule has 1 heterocycles. The molecule has 29 heavy (non-hydrogen) atoms. The third-order valence-corrected chi connectivity index (χ3v) is 4.70. The van der Waals surface area contributed by atoms with Gasteiger partial charge in [0.05, 0.1) is 5.92 Å². The van der Waals surface area contributed by atoms with Crippen molar-refractivity contribution in [3.05, 3.63) is 30.1 Å². The zero-order chi connectivity index (χ0) is 21.7. The first kappa shape index (κ1) is 22.3. The summed E-state index contributed by atoms with van der Waals surface area (Å²) in [5.41, 5.74) is 0.499. The summed E-state index contributed by atoms with van der Waals surface area (Å²) in [4.78, 5) is 49.8. The van der Waals surface area contributed by atoms with Gasteiger partial charge in [0.2, 0.25) is 17.7 Å². The van der Waals surface area contributed by atoms with Gasteiger partial charge in [-0.25, -0.2) is 4.39 Å². The lowest BCUT2D eigenvalue weighted by molar-refractivity contribution is -0.141. The highest BCUT2D eigenvalue weighted by molar-refractivity contribution is 6.01. The Morgan fingerprint density at radius 1 is 1.17 bits per heavy atom. The number of carbonyl (C=O) groups excluding carboxylic acids is 3. The zero-order valence-corrected chi connectivity index (χ0v) is 16.6. The maximum absolute atomic E-state index is 13.1. The predicted molar refractivity (Wildman–Crippen MR) is 103 cm³/mol. The summed E-state index contributed by atoms with van der Waals surface area (Å²) in [6.07, 6.45) is 0.303. The summed E-state index contributed by atoms with van der Waals surface area (Å²) >= 11 is 0. The lowest BCUT2D eigenvalue weighted by Crippen LogP contribution is -2.52. The Hall–Kier alpha value is -2.97. The number of rotatable bonds is 8. The van der Waals surface area contributed by atoms with Crippen molar-refractivity contribution >= 4 is 29.4 Å². The van der Waals surface area contributed by atoms with Crippen LogP contribution in [0.4, 0.5) is 10.1 Å². The minimum absolute atomic E-state index is 0.0231. The number of nitrogens with zero attached hydrogens (tertiary/aromatic N) is 1. The highest BCUT2D eigenvalue weighted by Gasteiger charge is 2.37. The molecule has 3 N–H and O–H groups in total. The summed E-state index contributed by atoms with van der Waals surface area (Å²) in [7, 11) is 0. The largest absolute Gasteiger partial charge is 0.480 e. The van der Waals surface area contributed by atoms with Crippen molar-refractivity contribution in [2.24, 2.45) is 11.8 Å². The van der Waals surface area contributed by atoms with E-state index in [1.165, 1.54) is 36.1 Å². The Bertz CT molecular complexity index is 781. The third-order valence-electron chi connectivity index (χ3n) is 4.70. The lowest BCUT2D eigenvalue weighted by atomic mass is 10.0. The third kappa shape index (κ3) is 6.00. The fourth-order valence-corrected chi connectivity index (χ4v) is 3.12. The molecular formula is C20H26FN3O5. The molecule has 1 aliphatic heterocycles. The average Bonchev–Trinajstić information content (AvgIpc) is 3.03. The molecule has 158 valence electrons. The van der Waals surface area contributed by atoms with Gasteiger partial charge in [-0.2, -0.15) is 0 Å². The van der Waals surface area contributed by atoms with E-state index >= 15 is 0 Å². The molecule has 0 aromatic heterocycles. The number of hydrogen-bond acceptors (Lipinski definition) is 4. The van der Waals surface area contributed by atoms with Crippen molar-refractivity contribution in [2.45, 2.75) is 45.7 Å². The molecule has 1 saturated heterocycles. The van der Waals surface area contributed by atoms with E-state index in [0.29, 0.717) is 12.1 Å². The molecule has 0 aliphatic carbocycles. The molecule has 0 radical (unpaired) electrons. The molecule has 2 rings (SSSR count). The van der Waals surface area contributed by atoms with Crippen molar-refractivity contribution in [2.75, 3.05) is 11.4 Å². The van der Waals surface area contributed by atoms with E-state index in [-0.39, 0.29) is 24.8 Å². The maximum atomic E-state index is 13.1. The monoisotopic (exact) mass is 407 g/mol. The fraction of sp³-hybridized carbons (Fsp3) is 0.500. The van der Waals surface area contributed by atoms with Crippen LogP contribution in [0.25, 0.3) is 0 Å². The first-order chi connectivity index (χ1) is 13.6. The van der Waals surface area contributed by atoms with Crippen molar-refractivity contribution in [3.63, 3.8) is 0 Å². The molecule has 1 fully saturated rings. The summed E-state index contributed by atoms with van der Waals surface area (Å²) in [6.45, 7) is 5.22. The van der Waals surface area contributed by atoms with Gasteiger partial charge >= 0.3 is 5.97 Å². The smallest absolute Gasteiger partial charge is 0.325 e. The van der Waals surface area contributed by atoms with Gasteiger partial charge in [-0.05, 0) is 43.5 Å². The molecule has 0 saturated carbocycles. The van der Waals surface area contributed by atoms with Crippen molar-refractivity contribution < 1.29 is 28.7 Å². The zero-order valence-electron chi connectivity index (χ0n) is 16.6. The van der Waals surface area contributed by atoms with Crippen LogP contribution in [0.3, 0.4) is 0 Å². The Balaban J connectivity index is 2.05. The van der Waals surface area contributed by atoms with Crippen LogP contribution < -0.4 is 15.5 Å². The van der Waals surface area contributed by atoms with Gasteiger partial charge in [0, 0.05) is 18.7 Å². The molecule has 8 nitrogen and oxygen atoms in total. The van der Waals surface area contributed by atoms with Crippen LogP contribution in [0.1, 0.15) is 33.6 Å². The van der Waals surface area contributed by atoms with E-state index < -0.39 is 41.6 Å². The summed E-state index contributed by atoms with van der Waals surface area (Å²) in [6, 6.07) is 3.42. The second-order valence-electron chi connectivity index (χ2n) is 7.64. The van der Waals surface area contributed by atoms with Crippen LogP contribution >= 0.6 is 0 Å². The predicted octanol–water partition coefficient (Wildman–Crippen LogP) is 1.30. The molecule has 0 spiro atoms. The minimum atomic E-state index is -1.18. The van der Waals surface area contributed by atoms with Crippen LogP contribution in [-0.2, 0) is 19.2 Å². The van der Waals surface area contributed by atoms with Crippen LogP contribution in [0.2, 0.25) is 0 Å². The molecule has 1 aromatic carbocycles. The number of nitrogens with one attached hydrogen (secondary N) is 2. The summed E-state index contributed by atoms with van der Waals surface area (Å²) < 4.78 is 13.1. The highest BCUT2D eigenvalue weighted by Crippen LogP contribution is 2.25. The number of carbonyl (C=O) groups is 4. The quantitative estimate of drug-likeness (QED) is 0.601. The number of benzene rings is 1. The van der Waals surface area contributed by atoms with E-state index in [1.807, 2.05) is 13.8 Å². The van der Waals surface area contributed by atoms with Gasteiger partial charge in [-0.1, -0.05) is 13.8 Å². The maximum Gasteiger partial charge on any atom is 0.325 e. The van der Waals surface area contributed by atoms with E-state index in [2.05, 4.69) is 10.6 Å². The van der Waals surface area contributed by atoms with E-state index in [0.717, 1.165) is 0 Å². The van der Waals surface area contributed by atoms with Gasteiger partial charge in [-0.15, -0.1) is 0 Å². The molecule has 9 heteroatoms. The number of halogens is 1. The van der Waals surface area contributed by atoms with Gasteiger partial charge in [0.15, 0.2) is 0 Å². The van der Waals surface area contributed by atoms with Crippen LogP contribution in [0, 0.1) is 17.7 Å². The Morgan fingerprint density at radius 2 is 1.79 bits per heavy atom. The summed E-state index contributed by atoms with van der Waals surface area (Å²) in [5, 5.41) is 14.0. The second kappa shape index (κ2) is 9.49. The SMILES string of the molecule is CC(C)CC(NC(=O)C1CC(=O)N(c2ccc(F)cc2)C1)C(=O)NC(C)C(=O)O. The second-order valence-corrected chi connectivity index (χ2v) is 7.64. The molecule has 1 aliphatic rings. The number of hydrogen-bond donors (Lipinski definition) is 3. The standard InChI is InChI=1S/C20H26FN3O5/c1-11(2)8-16(19(27)22-12(3)20(28)29)23-18(26)13-9-17(25)24(10-13)15-6-4-14(21)5-7-15/h4-7,11-13,16H,8-10H2,1-3H3,(H,22,27)(H,23,26)(H,28,29). The first-order valence-electron chi connectivity index (χ1n) is 9.48. The number of aliphatic carboxylic acids is 1. The van der Waals surface area contributed by atoms with E-state index in [9.17, 15) is 23.6 Å². The number of amides is 3. The Labute approximate surface area is 168 Å². The minimum Gasteiger partial charge on any atom is -0.480 e. The lowest BCUT2D eigenvalue weighted by Gasteiger charge is -2.23. The molecular weight excluding hydrogens is 381 g/mol. The normalized spacial score (nSPS) is 18.4. The number of carboxylic acids is 1. The van der Waals surface area contributed by atoms with Gasteiger partial charge in [0.25, 0.3) is 0 Å². The molecule has 3 atom stereocenters. The molecule has 3 amide bonds. The number of anilines is 1. The van der Waals surface area contributed by atoms with Crippen LogP contribution in [0.15, 0.2) is 24.3 Å². The van der Waals surface area contributed by atoms with Gasteiger partial charge in [-0.3, -0.25) is 19.2 Å². The van der Waals surface area contributed by atoms with Crippen molar-refractivity contribution in [3.8, 4) is 0 Å². The van der Waals surface area contributed by atoms with Crippen LogP contribution in [0.5, 0.6) is 0 Å². The van der Waals surface area contributed by atoms with E-state index in [1.54, 1.807) is 0 Å². The van der Waals surface area contributed by atoms with E-state index in [4.69, 9.17) is 5.11 Å². The van der Waals surface area contributed by atoms with Crippen molar-refractivity contribution in [1.82, 2.24) is 10.6 Å². The first-order valence-corrected chi connectivity index (χ1v) is 9.48. The molecule has 0 bridgehead atoms. The number of carboxylic acid groups (broad SMARTS) is 1. The summed E-state index contributed by atoms with van der Waals surface area (Å²) in [5.74, 6) is -3.48. The highest BCUT2D eigenvalue weighted by atomic mass is 19.1. The topological polar surface area (TPSA) is 116 Å². The Morgan fingerprint density at radius 3 is 2.34 bits per heavy atom. The Kier molecular flexibility index (Phi) is 7.30. The molecule has 1 aromatic rings.